The Balaban J connectivity index is 1.67. The first-order valence-corrected chi connectivity index (χ1v) is 7.12. The highest BCUT2D eigenvalue weighted by Gasteiger charge is 2.04. The summed E-state index contributed by atoms with van der Waals surface area (Å²) in [5.74, 6) is -0.241. The van der Waals surface area contributed by atoms with Crippen LogP contribution in [0.15, 0.2) is 54.7 Å². The van der Waals surface area contributed by atoms with E-state index in [1.165, 1.54) is 12.1 Å². The molecule has 0 spiro atoms. The molecule has 1 heterocycles. The number of carbonyl (C=O) groups is 1. The van der Waals surface area contributed by atoms with E-state index in [-0.39, 0.29) is 11.6 Å². The number of halogens is 1. The molecule has 2 nitrogen and oxygen atoms in total. The van der Waals surface area contributed by atoms with Crippen LogP contribution in [0.25, 0.3) is 6.08 Å². The molecule has 1 aromatic carbocycles. The standard InChI is InChI=1S/C18H18FNO/c19-16-12-10-15(11-13-16)18(21)9-4-2-1-3-7-17-8-5-6-14-20-17/h3,5-8,10-14H,1-2,4,9H2/b7-3-. The van der Waals surface area contributed by atoms with Crippen molar-refractivity contribution in [3.63, 3.8) is 0 Å². The zero-order chi connectivity index (χ0) is 14.9. The van der Waals surface area contributed by atoms with Gasteiger partial charge in [0.25, 0.3) is 0 Å². The fourth-order valence-corrected chi connectivity index (χ4v) is 2.01. The van der Waals surface area contributed by atoms with Crippen molar-refractivity contribution in [2.24, 2.45) is 0 Å². The van der Waals surface area contributed by atoms with Crippen LogP contribution < -0.4 is 0 Å². The smallest absolute Gasteiger partial charge is 0.162 e. The summed E-state index contributed by atoms with van der Waals surface area (Å²) in [6.07, 6.45) is 9.04. The fourth-order valence-electron chi connectivity index (χ4n) is 2.01. The monoisotopic (exact) mass is 283 g/mol. The summed E-state index contributed by atoms with van der Waals surface area (Å²) in [5.41, 5.74) is 1.53. The molecular formula is C18H18FNO. The van der Waals surface area contributed by atoms with Gasteiger partial charge in [-0.3, -0.25) is 9.78 Å². The van der Waals surface area contributed by atoms with Gasteiger partial charge in [0.1, 0.15) is 5.82 Å². The van der Waals surface area contributed by atoms with E-state index in [0.717, 1.165) is 25.0 Å². The Morgan fingerprint density at radius 1 is 1.10 bits per heavy atom. The number of Topliss-reactive ketones (excluding diaryl/α,β-unsaturated/α-hetero) is 1. The second-order valence-electron chi connectivity index (χ2n) is 4.83. The number of allylic oxidation sites excluding steroid dienone is 1. The molecule has 2 aromatic rings. The maximum Gasteiger partial charge on any atom is 0.162 e. The van der Waals surface area contributed by atoms with E-state index in [0.29, 0.717) is 12.0 Å². The largest absolute Gasteiger partial charge is 0.294 e. The minimum atomic E-state index is -0.314. The molecule has 0 saturated carbocycles. The summed E-state index contributed by atoms with van der Waals surface area (Å²) in [6, 6.07) is 11.5. The van der Waals surface area contributed by atoms with E-state index >= 15 is 0 Å². The summed E-state index contributed by atoms with van der Waals surface area (Å²) in [6.45, 7) is 0. The van der Waals surface area contributed by atoms with Crippen LogP contribution in [0.1, 0.15) is 41.7 Å². The van der Waals surface area contributed by atoms with Crippen LogP contribution in [0.4, 0.5) is 4.39 Å². The number of benzene rings is 1. The third-order valence-corrected chi connectivity index (χ3v) is 3.17. The number of rotatable bonds is 7. The number of nitrogens with zero attached hydrogens (tertiary/aromatic N) is 1. The van der Waals surface area contributed by atoms with E-state index in [2.05, 4.69) is 11.1 Å². The molecule has 0 radical (unpaired) electrons. The van der Waals surface area contributed by atoms with Gasteiger partial charge in [-0.05, 0) is 61.7 Å². The molecule has 0 saturated heterocycles. The summed E-state index contributed by atoms with van der Waals surface area (Å²) < 4.78 is 12.8. The second-order valence-corrected chi connectivity index (χ2v) is 4.83. The molecule has 3 heteroatoms. The van der Waals surface area contributed by atoms with E-state index in [1.807, 2.05) is 24.3 Å². The van der Waals surface area contributed by atoms with Crippen LogP contribution in [0, 0.1) is 5.82 Å². The predicted molar refractivity (Wildman–Crippen MR) is 82.5 cm³/mol. The topological polar surface area (TPSA) is 30.0 Å². The maximum absolute atomic E-state index is 12.8. The molecule has 0 N–H and O–H groups in total. The number of hydrogen-bond donors (Lipinski definition) is 0. The first kappa shape index (κ1) is 15.1. The average molecular weight is 283 g/mol. The average Bonchev–Trinajstić information content (AvgIpc) is 2.52. The SMILES string of the molecule is O=C(CCCC/C=C\c1ccccn1)c1ccc(F)cc1. The van der Waals surface area contributed by atoms with E-state index in [9.17, 15) is 9.18 Å². The molecule has 0 bridgehead atoms. The van der Waals surface area contributed by atoms with Crippen molar-refractivity contribution >= 4 is 11.9 Å². The molecule has 21 heavy (non-hydrogen) atoms. The van der Waals surface area contributed by atoms with Crippen molar-refractivity contribution in [1.82, 2.24) is 4.98 Å². The number of hydrogen-bond acceptors (Lipinski definition) is 2. The molecule has 0 aliphatic heterocycles. The Hall–Kier alpha value is -2.29. The molecule has 108 valence electrons. The highest BCUT2D eigenvalue weighted by atomic mass is 19.1. The van der Waals surface area contributed by atoms with Crippen LogP contribution >= 0.6 is 0 Å². The van der Waals surface area contributed by atoms with Crippen LogP contribution in [0.2, 0.25) is 0 Å². The molecule has 0 amide bonds. The lowest BCUT2D eigenvalue weighted by atomic mass is 10.0. The van der Waals surface area contributed by atoms with E-state index in [1.54, 1.807) is 18.3 Å². The third kappa shape index (κ3) is 5.30. The molecule has 0 unspecified atom stereocenters. The Morgan fingerprint density at radius 3 is 2.62 bits per heavy atom. The van der Waals surface area contributed by atoms with Crippen molar-refractivity contribution in [1.29, 1.82) is 0 Å². The number of aromatic nitrogens is 1. The third-order valence-electron chi connectivity index (χ3n) is 3.17. The van der Waals surface area contributed by atoms with E-state index in [4.69, 9.17) is 0 Å². The maximum atomic E-state index is 12.8. The Labute approximate surface area is 124 Å². The highest BCUT2D eigenvalue weighted by molar-refractivity contribution is 5.95. The van der Waals surface area contributed by atoms with Crippen LogP contribution in [0.3, 0.4) is 0 Å². The lowest BCUT2D eigenvalue weighted by Gasteiger charge is -2.00. The first-order valence-electron chi connectivity index (χ1n) is 7.12. The highest BCUT2D eigenvalue weighted by Crippen LogP contribution is 2.10. The van der Waals surface area contributed by atoms with Gasteiger partial charge < -0.3 is 0 Å². The zero-order valence-electron chi connectivity index (χ0n) is 11.8. The lowest BCUT2D eigenvalue weighted by Crippen LogP contribution is -1.98. The van der Waals surface area contributed by atoms with Gasteiger partial charge in [0.2, 0.25) is 0 Å². The number of pyridine rings is 1. The number of carbonyl (C=O) groups excluding carboxylic acids is 1. The van der Waals surface area contributed by atoms with Gasteiger partial charge in [-0.2, -0.15) is 0 Å². The van der Waals surface area contributed by atoms with Crippen LogP contribution in [0.5, 0.6) is 0 Å². The Morgan fingerprint density at radius 2 is 1.90 bits per heavy atom. The van der Waals surface area contributed by atoms with Crippen LogP contribution in [-0.4, -0.2) is 10.8 Å². The van der Waals surface area contributed by atoms with Gasteiger partial charge in [0.05, 0.1) is 5.69 Å². The molecule has 0 aliphatic rings. The fraction of sp³-hybridized carbons (Fsp3) is 0.222. The normalized spacial score (nSPS) is 10.9. The van der Waals surface area contributed by atoms with E-state index < -0.39 is 0 Å². The summed E-state index contributed by atoms with van der Waals surface area (Å²) >= 11 is 0. The molecule has 0 atom stereocenters. The van der Waals surface area contributed by atoms with Crippen LogP contribution in [-0.2, 0) is 0 Å². The van der Waals surface area contributed by atoms with Gasteiger partial charge in [0, 0.05) is 18.2 Å². The molecule has 0 aliphatic carbocycles. The first-order chi connectivity index (χ1) is 10.3. The van der Waals surface area contributed by atoms with Gasteiger partial charge >= 0.3 is 0 Å². The Bertz CT molecular complexity index is 590. The summed E-state index contributed by atoms with van der Waals surface area (Å²) in [5, 5.41) is 0. The summed E-state index contributed by atoms with van der Waals surface area (Å²) in [7, 11) is 0. The van der Waals surface area contributed by atoms with Gasteiger partial charge in [0.15, 0.2) is 5.78 Å². The number of unbranched alkanes of at least 4 members (excludes halogenated alkanes) is 2. The molecular weight excluding hydrogens is 265 g/mol. The quantitative estimate of drug-likeness (QED) is 0.545. The molecule has 0 fully saturated rings. The molecule has 2 rings (SSSR count). The van der Waals surface area contributed by atoms with Crippen molar-refractivity contribution in [2.75, 3.05) is 0 Å². The van der Waals surface area contributed by atoms with Crippen molar-refractivity contribution < 1.29 is 9.18 Å². The van der Waals surface area contributed by atoms with Crippen molar-refractivity contribution in [2.45, 2.75) is 25.7 Å². The number of ketones is 1. The minimum absolute atomic E-state index is 0.0729. The summed E-state index contributed by atoms with van der Waals surface area (Å²) in [4.78, 5) is 16.1. The van der Waals surface area contributed by atoms with Gasteiger partial charge in [-0.15, -0.1) is 0 Å². The minimum Gasteiger partial charge on any atom is -0.294 e. The van der Waals surface area contributed by atoms with Gasteiger partial charge in [-0.1, -0.05) is 12.1 Å². The zero-order valence-corrected chi connectivity index (χ0v) is 11.8. The Kier molecular flexibility index (Phi) is 5.83. The lowest BCUT2D eigenvalue weighted by molar-refractivity contribution is 0.0979. The molecule has 1 aromatic heterocycles. The van der Waals surface area contributed by atoms with Crippen molar-refractivity contribution in [3.05, 3.63) is 71.8 Å². The second kappa shape index (κ2) is 8.10. The van der Waals surface area contributed by atoms with Gasteiger partial charge in [-0.25, -0.2) is 4.39 Å². The predicted octanol–water partition coefficient (Wildman–Crippen LogP) is 4.68. The van der Waals surface area contributed by atoms with Crippen molar-refractivity contribution in [3.8, 4) is 0 Å².